The maximum Gasteiger partial charge on any atom is 0.240 e. The van der Waals surface area contributed by atoms with Crippen molar-refractivity contribution in [2.24, 2.45) is 0 Å². The Bertz CT molecular complexity index is 300. The van der Waals surface area contributed by atoms with E-state index in [2.05, 4.69) is 31.7 Å². The SMILES string of the molecule is CN1CCCN(C(C)(C)C)C(CC#N)C1=O. The third-order valence-corrected chi connectivity index (χ3v) is 3.08. The molecule has 0 saturated carbocycles. The molecule has 1 rings (SSSR count). The van der Waals surface area contributed by atoms with E-state index < -0.39 is 0 Å². The van der Waals surface area contributed by atoms with Crippen LogP contribution in [0.5, 0.6) is 0 Å². The van der Waals surface area contributed by atoms with E-state index in [1.807, 2.05) is 7.05 Å². The van der Waals surface area contributed by atoms with Crippen LogP contribution in [0.2, 0.25) is 0 Å². The lowest BCUT2D eigenvalue weighted by Gasteiger charge is -2.39. The second-order valence-corrected chi connectivity index (χ2v) is 5.36. The standard InChI is InChI=1S/C12H21N3O/c1-12(2,3)15-9-5-8-14(4)11(16)10(15)6-7-13/h10H,5-6,8-9H2,1-4H3. The van der Waals surface area contributed by atoms with Gasteiger partial charge in [0.15, 0.2) is 0 Å². The summed E-state index contributed by atoms with van der Waals surface area (Å²) < 4.78 is 0. The number of hydrogen-bond acceptors (Lipinski definition) is 3. The molecule has 1 fully saturated rings. The second-order valence-electron chi connectivity index (χ2n) is 5.36. The number of carbonyl (C=O) groups is 1. The first kappa shape index (κ1) is 13.0. The Labute approximate surface area is 97.8 Å². The number of amides is 1. The van der Waals surface area contributed by atoms with Gasteiger partial charge in [0, 0.05) is 25.7 Å². The van der Waals surface area contributed by atoms with E-state index in [0.717, 1.165) is 19.5 Å². The summed E-state index contributed by atoms with van der Waals surface area (Å²) >= 11 is 0. The smallest absolute Gasteiger partial charge is 0.240 e. The molecule has 0 aromatic heterocycles. The highest BCUT2D eigenvalue weighted by atomic mass is 16.2. The summed E-state index contributed by atoms with van der Waals surface area (Å²) in [4.78, 5) is 16.0. The van der Waals surface area contributed by atoms with Gasteiger partial charge >= 0.3 is 0 Å². The minimum absolute atomic E-state index is 0.0671. The number of nitriles is 1. The van der Waals surface area contributed by atoms with Crippen LogP contribution in [0.15, 0.2) is 0 Å². The second kappa shape index (κ2) is 4.84. The number of hydrogen-bond donors (Lipinski definition) is 0. The number of nitrogens with zero attached hydrogens (tertiary/aromatic N) is 3. The summed E-state index contributed by atoms with van der Waals surface area (Å²) in [5, 5.41) is 8.85. The Kier molecular flexibility index (Phi) is 3.93. The van der Waals surface area contributed by atoms with E-state index in [4.69, 9.17) is 5.26 Å². The molecule has 16 heavy (non-hydrogen) atoms. The average Bonchev–Trinajstić information content (AvgIpc) is 2.30. The largest absolute Gasteiger partial charge is 0.344 e. The molecule has 0 bridgehead atoms. The van der Waals surface area contributed by atoms with Crippen LogP contribution in [0.1, 0.15) is 33.6 Å². The van der Waals surface area contributed by atoms with Crippen molar-refractivity contribution in [1.82, 2.24) is 9.80 Å². The molecular formula is C12H21N3O. The molecule has 90 valence electrons. The zero-order chi connectivity index (χ0) is 12.3. The van der Waals surface area contributed by atoms with Gasteiger partial charge in [-0.05, 0) is 27.2 Å². The molecule has 0 aliphatic carbocycles. The van der Waals surface area contributed by atoms with Crippen molar-refractivity contribution in [2.45, 2.75) is 45.2 Å². The Balaban J connectivity index is 2.96. The molecule has 1 atom stereocenters. The van der Waals surface area contributed by atoms with Gasteiger partial charge in [0.25, 0.3) is 0 Å². The Morgan fingerprint density at radius 1 is 1.44 bits per heavy atom. The Morgan fingerprint density at radius 2 is 2.06 bits per heavy atom. The number of carbonyl (C=O) groups excluding carboxylic acids is 1. The monoisotopic (exact) mass is 223 g/mol. The predicted octanol–water partition coefficient (Wildman–Crippen LogP) is 1.23. The highest BCUT2D eigenvalue weighted by Gasteiger charge is 2.36. The van der Waals surface area contributed by atoms with Gasteiger partial charge in [-0.15, -0.1) is 0 Å². The maximum absolute atomic E-state index is 12.1. The predicted molar refractivity (Wildman–Crippen MR) is 62.7 cm³/mol. The molecule has 0 aromatic rings. The van der Waals surface area contributed by atoms with Crippen LogP contribution in [-0.4, -0.2) is 47.4 Å². The molecule has 0 radical (unpaired) electrons. The molecule has 0 N–H and O–H groups in total. The van der Waals surface area contributed by atoms with Gasteiger partial charge in [0.05, 0.1) is 12.5 Å². The molecule has 1 saturated heterocycles. The fourth-order valence-electron chi connectivity index (χ4n) is 2.22. The molecule has 1 aliphatic rings. The molecule has 1 aliphatic heterocycles. The highest BCUT2D eigenvalue weighted by Crippen LogP contribution is 2.22. The summed E-state index contributed by atoms with van der Waals surface area (Å²) in [6.07, 6.45) is 1.25. The van der Waals surface area contributed by atoms with Crippen molar-refractivity contribution >= 4 is 5.91 Å². The van der Waals surface area contributed by atoms with Gasteiger partial charge in [-0.2, -0.15) is 5.26 Å². The van der Waals surface area contributed by atoms with Crippen LogP contribution in [0.4, 0.5) is 0 Å². The summed E-state index contributed by atoms with van der Waals surface area (Å²) in [6, 6.07) is 1.85. The van der Waals surface area contributed by atoms with Crippen LogP contribution < -0.4 is 0 Å². The van der Waals surface area contributed by atoms with Crippen molar-refractivity contribution in [1.29, 1.82) is 5.26 Å². The van der Waals surface area contributed by atoms with Crippen molar-refractivity contribution in [3.8, 4) is 6.07 Å². The average molecular weight is 223 g/mol. The van der Waals surface area contributed by atoms with Gasteiger partial charge in [-0.25, -0.2) is 0 Å². The van der Waals surface area contributed by atoms with Crippen LogP contribution in [0, 0.1) is 11.3 Å². The molecule has 4 heteroatoms. The molecular weight excluding hydrogens is 202 g/mol. The molecule has 0 spiro atoms. The van der Waals surface area contributed by atoms with Crippen molar-refractivity contribution in [3.05, 3.63) is 0 Å². The zero-order valence-corrected chi connectivity index (χ0v) is 10.7. The van der Waals surface area contributed by atoms with E-state index >= 15 is 0 Å². The summed E-state index contributed by atoms with van der Waals surface area (Å²) in [5.41, 5.74) is -0.0671. The van der Waals surface area contributed by atoms with Gasteiger partial charge in [-0.3, -0.25) is 9.69 Å². The first-order chi connectivity index (χ1) is 7.38. The summed E-state index contributed by atoms with van der Waals surface area (Å²) in [7, 11) is 1.82. The van der Waals surface area contributed by atoms with E-state index in [1.54, 1.807) is 4.90 Å². The molecule has 4 nitrogen and oxygen atoms in total. The minimum Gasteiger partial charge on any atom is -0.344 e. The first-order valence-electron chi connectivity index (χ1n) is 5.76. The fraction of sp³-hybridized carbons (Fsp3) is 0.833. The molecule has 1 unspecified atom stereocenters. The topological polar surface area (TPSA) is 47.3 Å². The lowest BCUT2D eigenvalue weighted by molar-refractivity contribution is -0.135. The van der Waals surface area contributed by atoms with E-state index in [0.29, 0.717) is 0 Å². The summed E-state index contributed by atoms with van der Waals surface area (Å²) in [5.74, 6) is 0.0778. The van der Waals surface area contributed by atoms with E-state index in [1.165, 1.54) is 0 Å². The van der Waals surface area contributed by atoms with Crippen molar-refractivity contribution in [3.63, 3.8) is 0 Å². The molecule has 1 amide bonds. The zero-order valence-electron chi connectivity index (χ0n) is 10.7. The summed E-state index contributed by atoms with van der Waals surface area (Å²) in [6.45, 7) is 7.95. The maximum atomic E-state index is 12.1. The van der Waals surface area contributed by atoms with Gasteiger partial charge in [-0.1, -0.05) is 0 Å². The number of likely N-dealkylation sites (N-methyl/N-ethyl adjacent to an activating group) is 1. The normalized spacial score (nSPS) is 24.1. The first-order valence-corrected chi connectivity index (χ1v) is 5.76. The van der Waals surface area contributed by atoms with Crippen LogP contribution >= 0.6 is 0 Å². The van der Waals surface area contributed by atoms with Crippen LogP contribution in [-0.2, 0) is 4.79 Å². The van der Waals surface area contributed by atoms with Crippen molar-refractivity contribution in [2.75, 3.05) is 20.1 Å². The van der Waals surface area contributed by atoms with Gasteiger partial charge in [0.2, 0.25) is 5.91 Å². The van der Waals surface area contributed by atoms with Crippen LogP contribution in [0.25, 0.3) is 0 Å². The van der Waals surface area contributed by atoms with Gasteiger partial charge < -0.3 is 4.90 Å². The Morgan fingerprint density at radius 3 is 2.56 bits per heavy atom. The van der Waals surface area contributed by atoms with Crippen molar-refractivity contribution < 1.29 is 4.79 Å². The molecule has 0 aromatic carbocycles. The van der Waals surface area contributed by atoms with E-state index in [-0.39, 0.29) is 23.9 Å². The van der Waals surface area contributed by atoms with Crippen LogP contribution in [0.3, 0.4) is 0 Å². The Hall–Kier alpha value is -1.08. The highest BCUT2D eigenvalue weighted by molar-refractivity contribution is 5.82. The minimum atomic E-state index is -0.280. The number of rotatable bonds is 1. The third-order valence-electron chi connectivity index (χ3n) is 3.08. The quantitative estimate of drug-likeness (QED) is 0.671. The third kappa shape index (κ3) is 2.73. The fourth-order valence-corrected chi connectivity index (χ4v) is 2.22. The lowest BCUT2D eigenvalue weighted by atomic mass is 10.0. The van der Waals surface area contributed by atoms with E-state index in [9.17, 15) is 4.79 Å². The van der Waals surface area contributed by atoms with Gasteiger partial charge in [0.1, 0.15) is 6.04 Å². The lowest BCUT2D eigenvalue weighted by Crippen LogP contribution is -2.52. The molecule has 1 heterocycles.